The molecule has 0 bridgehead atoms. The Balaban J connectivity index is 2.70. The lowest BCUT2D eigenvalue weighted by molar-refractivity contribution is 0.0702. The van der Waals surface area contributed by atoms with Gasteiger partial charge in [-0.3, -0.25) is 0 Å². The molecule has 0 saturated heterocycles. The molecule has 3 nitrogen and oxygen atoms in total. The highest BCUT2D eigenvalue weighted by Gasteiger charge is 2.12. The van der Waals surface area contributed by atoms with E-state index in [1.165, 1.54) is 11.3 Å². The molecular weight excluding hydrogens is 222 g/mol. The van der Waals surface area contributed by atoms with Gasteiger partial charge in [0.25, 0.3) is 0 Å². The van der Waals surface area contributed by atoms with Crippen LogP contribution in [0.2, 0.25) is 0 Å². The monoisotopic (exact) mass is 241 g/mol. The molecule has 0 aliphatic carbocycles. The zero-order valence-electron chi connectivity index (χ0n) is 10.3. The molecule has 0 aliphatic heterocycles. The van der Waals surface area contributed by atoms with Crippen LogP contribution in [0, 0.1) is 12.8 Å². The molecule has 0 unspecified atom stereocenters. The Morgan fingerprint density at radius 1 is 1.56 bits per heavy atom. The Morgan fingerprint density at radius 2 is 2.19 bits per heavy atom. The van der Waals surface area contributed by atoms with E-state index in [0.717, 1.165) is 23.5 Å². The largest absolute Gasteiger partial charge is 0.477 e. The van der Waals surface area contributed by atoms with Crippen LogP contribution in [0.5, 0.6) is 0 Å². The fourth-order valence-electron chi connectivity index (χ4n) is 1.76. The Kier molecular flexibility index (Phi) is 4.50. The van der Waals surface area contributed by atoms with Crippen LogP contribution in [0.3, 0.4) is 0 Å². The number of nitrogens with zero attached hydrogens (tertiary/aromatic N) is 1. The Labute approximate surface area is 101 Å². The van der Waals surface area contributed by atoms with Crippen LogP contribution in [-0.4, -0.2) is 29.6 Å². The highest BCUT2D eigenvalue weighted by atomic mass is 32.1. The van der Waals surface area contributed by atoms with Crippen molar-refractivity contribution >= 4 is 17.3 Å². The first-order chi connectivity index (χ1) is 7.40. The van der Waals surface area contributed by atoms with Gasteiger partial charge in [0.1, 0.15) is 4.88 Å². The second kappa shape index (κ2) is 5.46. The van der Waals surface area contributed by atoms with Crippen LogP contribution in [-0.2, 0) is 6.54 Å². The van der Waals surface area contributed by atoms with Gasteiger partial charge < -0.3 is 10.0 Å². The molecule has 1 rings (SSSR count). The zero-order chi connectivity index (χ0) is 12.3. The van der Waals surface area contributed by atoms with E-state index in [2.05, 4.69) is 25.8 Å². The fraction of sp³-hybridized carbons (Fsp3) is 0.583. The Hall–Kier alpha value is -0.870. The van der Waals surface area contributed by atoms with Crippen LogP contribution in [0.25, 0.3) is 0 Å². The van der Waals surface area contributed by atoms with Crippen molar-refractivity contribution in [1.82, 2.24) is 4.90 Å². The van der Waals surface area contributed by atoms with Crippen molar-refractivity contribution in [1.29, 1.82) is 0 Å². The van der Waals surface area contributed by atoms with E-state index in [4.69, 9.17) is 5.11 Å². The summed E-state index contributed by atoms with van der Waals surface area (Å²) in [6.07, 6.45) is 0. The second-order valence-electron chi connectivity index (χ2n) is 4.59. The molecule has 0 spiro atoms. The third-order valence-corrected chi connectivity index (χ3v) is 3.43. The summed E-state index contributed by atoms with van der Waals surface area (Å²) in [5, 5.41) is 8.90. The fourth-order valence-corrected chi connectivity index (χ4v) is 2.63. The molecule has 4 heteroatoms. The number of rotatable bonds is 5. The van der Waals surface area contributed by atoms with Crippen molar-refractivity contribution in [2.45, 2.75) is 27.3 Å². The van der Waals surface area contributed by atoms with Gasteiger partial charge in [0.05, 0.1) is 0 Å². The highest BCUT2D eigenvalue weighted by molar-refractivity contribution is 7.14. The maximum absolute atomic E-state index is 10.8. The standard InChI is InChI=1S/C12H19NO2S/c1-8(2)6-13(4)7-10-5-11(12(14)15)16-9(10)3/h5,8H,6-7H2,1-4H3,(H,14,15). The van der Waals surface area contributed by atoms with Gasteiger partial charge in [0.2, 0.25) is 0 Å². The summed E-state index contributed by atoms with van der Waals surface area (Å²) in [5.74, 6) is -0.200. The van der Waals surface area contributed by atoms with Crippen molar-refractivity contribution in [2.75, 3.05) is 13.6 Å². The molecule has 90 valence electrons. The summed E-state index contributed by atoms with van der Waals surface area (Å²) in [7, 11) is 2.07. The van der Waals surface area contributed by atoms with Crippen molar-refractivity contribution in [3.05, 3.63) is 21.4 Å². The van der Waals surface area contributed by atoms with E-state index in [9.17, 15) is 4.79 Å². The number of aromatic carboxylic acids is 1. The summed E-state index contributed by atoms with van der Waals surface area (Å²) in [6, 6.07) is 1.79. The molecule has 0 fully saturated rings. The first-order valence-corrected chi connectivity index (χ1v) is 6.23. The summed E-state index contributed by atoms with van der Waals surface area (Å²) >= 11 is 1.36. The lowest BCUT2D eigenvalue weighted by Crippen LogP contribution is -2.22. The maximum Gasteiger partial charge on any atom is 0.345 e. The van der Waals surface area contributed by atoms with Gasteiger partial charge in [-0.25, -0.2) is 4.79 Å². The number of hydrogen-bond acceptors (Lipinski definition) is 3. The Morgan fingerprint density at radius 3 is 2.62 bits per heavy atom. The molecule has 1 aromatic heterocycles. The van der Waals surface area contributed by atoms with Crippen LogP contribution in [0.1, 0.15) is 34.0 Å². The van der Waals surface area contributed by atoms with E-state index in [0.29, 0.717) is 10.8 Å². The molecule has 1 N–H and O–H groups in total. The van der Waals surface area contributed by atoms with Crippen molar-refractivity contribution in [3.63, 3.8) is 0 Å². The minimum absolute atomic E-state index is 0.436. The van der Waals surface area contributed by atoms with Crippen molar-refractivity contribution in [3.8, 4) is 0 Å². The molecule has 0 aromatic carbocycles. The molecular formula is C12H19NO2S. The molecule has 1 aromatic rings. The molecule has 0 atom stereocenters. The number of aryl methyl sites for hydroxylation is 1. The van der Waals surface area contributed by atoms with E-state index in [-0.39, 0.29) is 0 Å². The molecule has 0 radical (unpaired) electrons. The normalized spacial score (nSPS) is 11.4. The number of carbonyl (C=O) groups is 1. The van der Waals surface area contributed by atoms with Crippen LogP contribution in [0.4, 0.5) is 0 Å². The number of thiophene rings is 1. The summed E-state index contributed by atoms with van der Waals surface area (Å²) in [4.78, 5) is 14.6. The van der Waals surface area contributed by atoms with Gasteiger partial charge in [-0.1, -0.05) is 13.8 Å². The molecule has 0 amide bonds. The predicted octanol–water partition coefficient (Wildman–Crippen LogP) is 2.84. The summed E-state index contributed by atoms with van der Waals surface area (Å²) < 4.78 is 0. The minimum Gasteiger partial charge on any atom is -0.477 e. The highest BCUT2D eigenvalue weighted by Crippen LogP contribution is 2.22. The topological polar surface area (TPSA) is 40.5 Å². The van der Waals surface area contributed by atoms with Crippen molar-refractivity contribution in [2.24, 2.45) is 5.92 Å². The molecule has 1 heterocycles. The van der Waals surface area contributed by atoms with Gasteiger partial charge in [-0.2, -0.15) is 0 Å². The van der Waals surface area contributed by atoms with E-state index < -0.39 is 5.97 Å². The van der Waals surface area contributed by atoms with E-state index in [1.807, 2.05) is 6.92 Å². The van der Waals surface area contributed by atoms with Crippen molar-refractivity contribution < 1.29 is 9.90 Å². The lowest BCUT2D eigenvalue weighted by Gasteiger charge is -2.18. The third kappa shape index (κ3) is 3.61. The second-order valence-corrected chi connectivity index (χ2v) is 5.84. The van der Waals surface area contributed by atoms with E-state index in [1.54, 1.807) is 6.07 Å². The number of carboxylic acid groups (broad SMARTS) is 1. The molecule has 0 saturated carbocycles. The molecule has 0 aliphatic rings. The number of hydrogen-bond donors (Lipinski definition) is 1. The third-order valence-electron chi connectivity index (χ3n) is 2.35. The van der Waals surface area contributed by atoms with Gasteiger partial charge in [0, 0.05) is 18.0 Å². The summed E-state index contributed by atoms with van der Waals surface area (Å²) in [6.45, 7) is 8.19. The van der Waals surface area contributed by atoms with Gasteiger partial charge in [0.15, 0.2) is 0 Å². The quantitative estimate of drug-likeness (QED) is 0.861. The first kappa shape index (κ1) is 13.2. The van der Waals surface area contributed by atoms with Gasteiger partial charge in [-0.15, -0.1) is 11.3 Å². The predicted molar refractivity (Wildman–Crippen MR) is 67.2 cm³/mol. The van der Waals surface area contributed by atoms with Gasteiger partial charge in [-0.05, 0) is 31.5 Å². The molecule has 16 heavy (non-hydrogen) atoms. The Bertz CT molecular complexity index is 371. The summed E-state index contributed by atoms with van der Waals surface area (Å²) in [5.41, 5.74) is 1.13. The smallest absolute Gasteiger partial charge is 0.345 e. The average molecular weight is 241 g/mol. The first-order valence-electron chi connectivity index (χ1n) is 5.41. The minimum atomic E-state index is -0.828. The zero-order valence-corrected chi connectivity index (χ0v) is 11.1. The average Bonchev–Trinajstić information content (AvgIpc) is 2.46. The van der Waals surface area contributed by atoms with E-state index >= 15 is 0 Å². The van der Waals surface area contributed by atoms with Crippen LogP contribution < -0.4 is 0 Å². The van der Waals surface area contributed by atoms with Crippen LogP contribution >= 0.6 is 11.3 Å². The maximum atomic E-state index is 10.8. The lowest BCUT2D eigenvalue weighted by atomic mass is 10.2. The SMILES string of the molecule is Cc1sc(C(=O)O)cc1CN(C)CC(C)C. The number of carboxylic acids is 1. The van der Waals surface area contributed by atoms with Crippen LogP contribution in [0.15, 0.2) is 6.07 Å². The van der Waals surface area contributed by atoms with Gasteiger partial charge >= 0.3 is 5.97 Å².